The first-order valence-electron chi connectivity index (χ1n) is 8.83. The van der Waals surface area contributed by atoms with Gasteiger partial charge in [0, 0.05) is 21.5 Å². The maximum absolute atomic E-state index is 12.8. The molecule has 1 aliphatic carbocycles. The lowest BCUT2D eigenvalue weighted by Crippen LogP contribution is -2.43. The second-order valence-electron chi connectivity index (χ2n) is 7.12. The van der Waals surface area contributed by atoms with E-state index >= 15 is 0 Å². The van der Waals surface area contributed by atoms with Gasteiger partial charge in [0.2, 0.25) is 0 Å². The topological polar surface area (TPSA) is 42.0 Å². The van der Waals surface area contributed by atoms with Crippen LogP contribution < -0.4 is 5.32 Å². The molecule has 3 nitrogen and oxygen atoms in total. The molecule has 1 aliphatic rings. The monoisotopic (exact) mass is 372 g/mol. The minimum atomic E-state index is 0.00676. The second kappa shape index (κ2) is 6.58. The van der Waals surface area contributed by atoms with Crippen molar-refractivity contribution in [2.45, 2.75) is 39.2 Å². The van der Waals surface area contributed by atoms with Crippen LogP contribution in [-0.4, -0.2) is 16.9 Å². The Labute approximate surface area is 156 Å². The van der Waals surface area contributed by atoms with Gasteiger partial charge in [-0.05, 0) is 30.4 Å². The number of para-hydroxylation sites is 1. The molecule has 5 heteroatoms. The lowest BCUT2D eigenvalue weighted by Gasteiger charge is -2.34. The number of carbonyl (C=O) groups excluding carboxylic acids is 1. The number of hydrogen-bond acceptors (Lipinski definition) is 3. The van der Waals surface area contributed by atoms with Crippen LogP contribution in [0.25, 0.3) is 21.0 Å². The van der Waals surface area contributed by atoms with Gasteiger partial charge in [0.15, 0.2) is 0 Å². The fraction of sp³-hybridized carbons (Fsp3) is 0.400. The summed E-state index contributed by atoms with van der Waals surface area (Å²) in [4.78, 5) is 18.0. The minimum Gasteiger partial charge on any atom is -0.348 e. The van der Waals surface area contributed by atoms with E-state index in [0.717, 1.165) is 27.4 Å². The molecule has 1 fully saturated rings. The van der Waals surface area contributed by atoms with E-state index in [4.69, 9.17) is 11.6 Å². The van der Waals surface area contributed by atoms with Crippen LogP contribution in [0, 0.1) is 11.8 Å². The summed E-state index contributed by atoms with van der Waals surface area (Å²) in [7, 11) is 0. The highest BCUT2D eigenvalue weighted by molar-refractivity contribution is 7.21. The highest BCUT2D eigenvalue weighted by Gasteiger charge is 2.29. The second-order valence-corrected chi connectivity index (χ2v) is 8.53. The third-order valence-electron chi connectivity index (χ3n) is 5.57. The molecule has 2 aromatic heterocycles. The van der Waals surface area contributed by atoms with E-state index < -0.39 is 0 Å². The van der Waals surface area contributed by atoms with Crippen LogP contribution in [0.4, 0.5) is 0 Å². The van der Waals surface area contributed by atoms with Gasteiger partial charge in [-0.15, -0.1) is 11.3 Å². The van der Waals surface area contributed by atoms with Gasteiger partial charge in [-0.1, -0.05) is 56.5 Å². The number of hydrogen-bond donors (Lipinski definition) is 1. The van der Waals surface area contributed by atoms with Crippen molar-refractivity contribution < 1.29 is 4.79 Å². The van der Waals surface area contributed by atoms with E-state index in [1.165, 1.54) is 24.2 Å². The predicted molar refractivity (Wildman–Crippen MR) is 106 cm³/mol. The van der Waals surface area contributed by atoms with Crippen molar-refractivity contribution >= 4 is 49.8 Å². The van der Waals surface area contributed by atoms with Crippen molar-refractivity contribution in [2.75, 3.05) is 0 Å². The number of carbonyl (C=O) groups is 1. The summed E-state index contributed by atoms with van der Waals surface area (Å²) < 4.78 is 1.03. The zero-order chi connectivity index (χ0) is 17.6. The summed E-state index contributed by atoms with van der Waals surface area (Å²) in [5, 5.41) is 5.62. The van der Waals surface area contributed by atoms with Gasteiger partial charge >= 0.3 is 0 Å². The van der Waals surface area contributed by atoms with E-state index in [-0.39, 0.29) is 11.9 Å². The van der Waals surface area contributed by atoms with Crippen LogP contribution in [0.3, 0.4) is 0 Å². The number of nitrogens with one attached hydrogen (secondary N) is 1. The number of fused-ring (bicyclic) bond motifs is 3. The average molecular weight is 373 g/mol. The summed E-state index contributed by atoms with van der Waals surface area (Å²) in [6.07, 6.45) is 3.50. The van der Waals surface area contributed by atoms with Gasteiger partial charge in [0.05, 0.1) is 10.4 Å². The molecular weight excluding hydrogens is 352 g/mol. The number of aromatic nitrogens is 1. The van der Waals surface area contributed by atoms with Crippen molar-refractivity contribution in [2.24, 2.45) is 11.8 Å². The van der Waals surface area contributed by atoms with Crippen molar-refractivity contribution in [3.63, 3.8) is 0 Å². The SMILES string of the molecule is C[C@@H]1[C@H](C)CCC[C@H]1NC(=O)c1cc2c(Cl)nc3ccccc3c2s1. The molecule has 4 rings (SSSR count). The Hall–Kier alpha value is -1.65. The summed E-state index contributed by atoms with van der Waals surface area (Å²) in [5.41, 5.74) is 0.864. The van der Waals surface area contributed by atoms with Gasteiger partial charge in [0.1, 0.15) is 5.15 Å². The first-order chi connectivity index (χ1) is 12.0. The van der Waals surface area contributed by atoms with Gasteiger partial charge in [0.25, 0.3) is 5.91 Å². The molecule has 3 aromatic rings. The van der Waals surface area contributed by atoms with E-state index in [9.17, 15) is 4.79 Å². The van der Waals surface area contributed by atoms with Gasteiger partial charge in [-0.25, -0.2) is 4.98 Å². The van der Waals surface area contributed by atoms with Crippen molar-refractivity contribution in [1.82, 2.24) is 10.3 Å². The number of nitrogens with zero attached hydrogens (tertiary/aromatic N) is 1. The molecule has 1 saturated carbocycles. The molecule has 2 heterocycles. The maximum atomic E-state index is 12.8. The molecule has 0 radical (unpaired) electrons. The predicted octanol–water partition coefficient (Wildman–Crippen LogP) is 5.66. The Kier molecular flexibility index (Phi) is 4.42. The van der Waals surface area contributed by atoms with Crippen molar-refractivity contribution in [3.05, 3.63) is 40.4 Å². The van der Waals surface area contributed by atoms with Crippen LogP contribution in [-0.2, 0) is 0 Å². The van der Waals surface area contributed by atoms with Crippen LogP contribution in [0.5, 0.6) is 0 Å². The molecule has 25 heavy (non-hydrogen) atoms. The largest absolute Gasteiger partial charge is 0.348 e. The zero-order valence-electron chi connectivity index (χ0n) is 14.4. The van der Waals surface area contributed by atoms with Gasteiger partial charge in [-0.2, -0.15) is 0 Å². The number of benzene rings is 1. The summed E-state index contributed by atoms with van der Waals surface area (Å²) in [6.45, 7) is 4.52. The Balaban J connectivity index is 1.68. The highest BCUT2D eigenvalue weighted by atomic mass is 35.5. The Morgan fingerprint density at radius 3 is 2.88 bits per heavy atom. The van der Waals surface area contributed by atoms with Crippen LogP contribution in [0.2, 0.25) is 5.15 Å². The third-order valence-corrected chi connectivity index (χ3v) is 7.02. The number of rotatable bonds is 2. The van der Waals surface area contributed by atoms with Crippen molar-refractivity contribution in [1.29, 1.82) is 0 Å². The molecule has 1 aromatic carbocycles. The summed E-state index contributed by atoms with van der Waals surface area (Å²) in [6, 6.07) is 10.1. The average Bonchev–Trinajstić information content (AvgIpc) is 3.05. The van der Waals surface area contributed by atoms with Gasteiger partial charge in [-0.3, -0.25) is 4.79 Å². The fourth-order valence-corrected chi connectivity index (χ4v) is 5.20. The molecule has 0 spiro atoms. The maximum Gasteiger partial charge on any atom is 0.261 e. The Morgan fingerprint density at radius 1 is 1.24 bits per heavy atom. The summed E-state index contributed by atoms with van der Waals surface area (Å²) in [5.74, 6) is 1.18. The lowest BCUT2D eigenvalue weighted by molar-refractivity contribution is 0.0895. The minimum absolute atomic E-state index is 0.00676. The third kappa shape index (κ3) is 3.02. The van der Waals surface area contributed by atoms with E-state index in [2.05, 4.69) is 24.1 Å². The smallest absolute Gasteiger partial charge is 0.261 e. The Bertz CT molecular complexity index is 951. The Morgan fingerprint density at radius 2 is 2.04 bits per heavy atom. The quantitative estimate of drug-likeness (QED) is 0.590. The molecule has 1 amide bonds. The number of amides is 1. The van der Waals surface area contributed by atoms with Crippen LogP contribution >= 0.6 is 22.9 Å². The molecule has 1 N–H and O–H groups in total. The lowest BCUT2D eigenvalue weighted by atomic mass is 9.78. The zero-order valence-corrected chi connectivity index (χ0v) is 16.0. The van der Waals surface area contributed by atoms with Gasteiger partial charge < -0.3 is 5.32 Å². The molecule has 0 saturated heterocycles. The van der Waals surface area contributed by atoms with E-state index in [1.54, 1.807) is 0 Å². The number of halogens is 1. The number of pyridine rings is 1. The molecule has 0 unspecified atom stereocenters. The molecule has 3 atom stereocenters. The first kappa shape index (κ1) is 16.8. The molecule has 0 bridgehead atoms. The summed E-state index contributed by atoms with van der Waals surface area (Å²) >= 11 is 7.86. The molecular formula is C20H21ClN2OS. The van der Waals surface area contributed by atoms with Crippen LogP contribution in [0.15, 0.2) is 30.3 Å². The molecule has 130 valence electrons. The van der Waals surface area contributed by atoms with E-state index in [0.29, 0.717) is 21.9 Å². The molecule has 0 aliphatic heterocycles. The number of thiophene rings is 1. The van der Waals surface area contributed by atoms with E-state index in [1.807, 2.05) is 30.3 Å². The normalized spacial score (nSPS) is 23.9. The first-order valence-corrected chi connectivity index (χ1v) is 10.0. The fourth-order valence-electron chi connectivity index (χ4n) is 3.81. The van der Waals surface area contributed by atoms with Crippen LogP contribution in [0.1, 0.15) is 42.8 Å². The standard InChI is InChI=1S/C20H21ClN2OS/c1-11-6-5-9-15(12(11)2)23-20(24)17-10-14-18(25-17)13-7-3-4-8-16(13)22-19(14)21/h3-4,7-8,10-12,15H,5-6,9H2,1-2H3,(H,23,24)/t11-,12-,15-/m1/s1. The van der Waals surface area contributed by atoms with Crippen molar-refractivity contribution in [3.8, 4) is 0 Å². The highest BCUT2D eigenvalue weighted by Crippen LogP contribution is 2.36.